The molecule has 4 amide bonds. The van der Waals surface area contributed by atoms with Gasteiger partial charge in [0, 0.05) is 40.2 Å². The summed E-state index contributed by atoms with van der Waals surface area (Å²) in [6, 6.07) is 39.4. The minimum absolute atomic E-state index is 0.0208. The molecule has 72 heavy (non-hydrogen) atoms. The molecule has 9 rings (SSSR count). The molecule has 3 aliphatic rings. The summed E-state index contributed by atoms with van der Waals surface area (Å²) in [6.07, 6.45) is 0.396. The Labute approximate surface area is 415 Å². The number of esters is 1. The number of piperidine rings is 1. The highest BCUT2D eigenvalue weighted by Crippen LogP contribution is 2.27. The first-order valence-corrected chi connectivity index (χ1v) is 25.1. The molecule has 2 atom stereocenters. The van der Waals surface area contributed by atoms with Gasteiger partial charge in [0.25, 0.3) is 21.9 Å². The highest BCUT2D eigenvalue weighted by molar-refractivity contribution is 7.86. The van der Waals surface area contributed by atoms with Crippen LogP contribution < -0.4 is 20.4 Å². The fourth-order valence-corrected chi connectivity index (χ4v) is 9.11. The number of amidine groups is 2. The van der Waals surface area contributed by atoms with Gasteiger partial charge in [0.05, 0.1) is 31.9 Å². The molecule has 3 heterocycles. The Balaban J connectivity index is 0.000000195. The summed E-state index contributed by atoms with van der Waals surface area (Å²) < 4.78 is 42.8. The number of fused-ring (bicyclic) bond motifs is 2. The standard InChI is InChI=1S/C30H32N4O5.C23H21N3O6S/c1-2-38-29(36)22-14-16-33(17-15-22)18-24-19-34(30(37)39-24)23-12-10-21(11-13-23)27(31)32-28(35)26-9-5-7-20-6-3-4-8-25(20)26;1-33(29,30)31-14-18-13-26(23(28)32-18)17-11-9-16(10-12-17)21(24)25-22(27)20-8-4-6-15-5-2-3-7-19(15)20/h3-13,22,24H,2,14-19H2,1H3,(H2,31,32,35);2-12,18H,13-14H2,1H3,(H2,24,25,27). The topological polar surface area (TPSA) is 238 Å². The Morgan fingerprint density at radius 2 is 1.08 bits per heavy atom. The van der Waals surface area contributed by atoms with E-state index in [9.17, 15) is 32.4 Å². The van der Waals surface area contributed by atoms with E-state index in [4.69, 9.17) is 29.2 Å². The zero-order valence-corrected chi connectivity index (χ0v) is 40.4. The third-order valence-corrected chi connectivity index (χ3v) is 12.9. The number of ether oxygens (including phenoxy) is 3. The third kappa shape index (κ3) is 12.3. The Bertz CT molecular complexity index is 3130. The highest BCUT2D eigenvalue weighted by Gasteiger charge is 2.36. The summed E-state index contributed by atoms with van der Waals surface area (Å²) in [7, 11) is -3.64. The van der Waals surface area contributed by atoms with Crippen LogP contribution in [0.1, 0.15) is 51.6 Å². The van der Waals surface area contributed by atoms with Crippen molar-refractivity contribution in [2.75, 3.05) is 62.0 Å². The molecule has 3 aliphatic heterocycles. The van der Waals surface area contributed by atoms with Crippen molar-refractivity contribution in [1.82, 2.24) is 15.5 Å². The molecular formula is C53H53N7O11S. The van der Waals surface area contributed by atoms with E-state index < -0.39 is 34.3 Å². The number of amides is 4. The summed E-state index contributed by atoms with van der Waals surface area (Å²) >= 11 is 0. The second-order valence-corrected chi connectivity index (χ2v) is 19.0. The summed E-state index contributed by atoms with van der Waals surface area (Å²) in [5.41, 5.74) is 3.14. The predicted molar refractivity (Wildman–Crippen MR) is 271 cm³/mol. The van der Waals surface area contributed by atoms with Crippen LogP contribution >= 0.6 is 0 Å². The van der Waals surface area contributed by atoms with Crippen LogP contribution in [0, 0.1) is 16.7 Å². The molecule has 3 saturated heterocycles. The van der Waals surface area contributed by atoms with Gasteiger partial charge in [-0.1, -0.05) is 72.8 Å². The second-order valence-electron chi connectivity index (χ2n) is 17.4. The van der Waals surface area contributed by atoms with Crippen molar-refractivity contribution < 1.29 is 50.8 Å². The van der Waals surface area contributed by atoms with Crippen molar-refractivity contribution in [2.24, 2.45) is 5.92 Å². The molecular weight excluding hydrogens is 943 g/mol. The van der Waals surface area contributed by atoms with E-state index in [0.29, 0.717) is 53.3 Å². The predicted octanol–water partition coefficient (Wildman–Crippen LogP) is 7.09. The Morgan fingerprint density at radius 3 is 1.56 bits per heavy atom. The van der Waals surface area contributed by atoms with Crippen LogP contribution in [0.5, 0.6) is 0 Å². The fourth-order valence-electron chi connectivity index (χ4n) is 8.71. The monoisotopic (exact) mass is 995 g/mol. The molecule has 6 aromatic rings. The maximum atomic E-state index is 12.9. The summed E-state index contributed by atoms with van der Waals surface area (Å²) in [4.78, 5) is 67.5. The van der Waals surface area contributed by atoms with E-state index >= 15 is 0 Å². The zero-order valence-electron chi connectivity index (χ0n) is 39.5. The lowest BCUT2D eigenvalue weighted by Crippen LogP contribution is -2.41. The molecule has 0 radical (unpaired) electrons. The molecule has 0 spiro atoms. The van der Waals surface area contributed by atoms with Gasteiger partial charge >= 0.3 is 18.2 Å². The van der Waals surface area contributed by atoms with Gasteiger partial charge in [-0.2, -0.15) is 8.42 Å². The molecule has 0 bridgehead atoms. The molecule has 19 heteroatoms. The molecule has 4 N–H and O–H groups in total. The van der Waals surface area contributed by atoms with Gasteiger partial charge in [-0.25, -0.2) is 9.59 Å². The van der Waals surface area contributed by atoms with E-state index in [1.54, 1.807) is 71.6 Å². The second kappa shape index (κ2) is 22.4. The average molecular weight is 996 g/mol. The molecule has 0 aliphatic carbocycles. The smallest absolute Gasteiger partial charge is 0.414 e. The normalized spacial score (nSPS) is 17.1. The molecule has 18 nitrogen and oxygen atoms in total. The highest BCUT2D eigenvalue weighted by atomic mass is 32.2. The van der Waals surface area contributed by atoms with Gasteiger partial charge in [-0.05, 0) is 115 Å². The number of nitrogens with zero attached hydrogens (tertiary/aromatic N) is 3. The lowest BCUT2D eigenvalue weighted by Gasteiger charge is -2.31. The summed E-state index contributed by atoms with van der Waals surface area (Å²) in [5, 5.41) is 25.5. The quantitative estimate of drug-likeness (QED) is 0.0298. The van der Waals surface area contributed by atoms with E-state index in [1.807, 2.05) is 73.7 Å². The number of cyclic esters (lactones) is 2. The minimum Gasteiger partial charge on any atom is -0.466 e. The van der Waals surface area contributed by atoms with E-state index in [1.165, 1.54) is 4.90 Å². The molecule has 0 saturated carbocycles. The first-order valence-electron chi connectivity index (χ1n) is 23.3. The summed E-state index contributed by atoms with van der Waals surface area (Å²) in [6.45, 7) is 4.64. The number of carbonyl (C=O) groups excluding carboxylic acids is 5. The summed E-state index contributed by atoms with van der Waals surface area (Å²) in [5.74, 6) is -1.02. The Hall–Kier alpha value is -8.00. The maximum absolute atomic E-state index is 12.9. The van der Waals surface area contributed by atoms with Gasteiger partial charge in [0.15, 0.2) is 0 Å². The number of carbonyl (C=O) groups is 5. The largest absolute Gasteiger partial charge is 0.466 e. The van der Waals surface area contributed by atoms with Crippen LogP contribution in [0.3, 0.4) is 0 Å². The van der Waals surface area contributed by atoms with Gasteiger partial charge < -0.3 is 24.8 Å². The molecule has 372 valence electrons. The molecule has 2 unspecified atom stereocenters. The minimum atomic E-state index is -3.64. The van der Waals surface area contributed by atoms with Crippen LogP contribution in [0.4, 0.5) is 21.0 Å². The van der Waals surface area contributed by atoms with Crippen LogP contribution in [0.15, 0.2) is 133 Å². The SMILES string of the molecule is CCOC(=O)C1CCN(CC2CN(c3ccc(C(=N)NC(=O)c4cccc5ccccc45)cc3)C(=O)O2)CC1.CS(=O)(=O)OCC1CN(c2ccc(C(=N)NC(=O)c3cccc4ccccc34)cc2)C(=O)O1. The number of benzene rings is 6. The lowest BCUT2D eigenvalue weighted by atomic mass is 9.97. The lowest BCUT2D eigenvalue weighted by molar-refractivity contribution is -0.149. The van der Waals surface area contributed by atoms with Crippen molar-refractivity contribution in [1.29, 1.82) is 10.8 Å². The maximum Gasteiger partial charge on any atom is 0.414 e. The van der Waals surface area contributed by atoms with Crippen molar-refractivity contribution in [3.05, 3.63) is 156 Å². The number of rotatable bonds is 13. The van der Waals surface area contributed by atoms with E-state index in [-0.39, 0.29) is 48.7 Å². The first kappa shape index (κ1) is 50.4. The van der Waals surface area contributed by atoms with Gasteiger partial charge in [-0.15, -0.1) is 0 Å². The van der Waals surface area contributed by atoms with Crippen LogP contribution in [-0.4, -0.2) is 119 Å². The fraction of sp³-hybridized carbons (Fsp3) is 0.264. The first-order chi connectivity index (χ1) is 34.6. The van der Waals surface area contributed by atoms with Crippen LogP contribution in [0.2, 0.25) is 0 Å². The Morgan fingerprint density at radius 1 is 0.639 bits per heavy atom. The number of hydrogen-bond acceptors (Lipinski definition) is 14. The molecule has 3 fully saturated rings. The van der Waals surface area contributed by atoms with Gasteiger partial charge in [-0.3, -0.25) is 44.1 Å². The molecule has 0 aromatic heterocycles. The van der Waals surface area contributed by atoms with E-state index in [0.717, 1.165) is 53.7 Å². The number of hydrogen-bond donors (Lipinski definition) is 4. The zero-order chi connectivity index (χ0) is 50.9. The van der Waals surface area contributed by atoms with Crippen LogP contribution in [-0.2, 0) is 33.3 Å². The molecule has 6 aromatic carbocycles. The number of nitrogens with one attached hydrogen (secondary N) is 4. The van der Waals surface area contributed by atoms with Crippen molar-refractivity contribution in [3.63, 3.8) is 0 Å². The third-order valence-electron chi connectivity index (χ3n) is 12.4. The Kier molecular flexibility index (Phi) is 15.7. The van der Waals surface area contributed by atoms with Gasteiger partial charge in [0.1, 0.15) is 30.5 Å². The van der Waals surface area contributed by atoms with Gasteiger partial charge in [0.2, 0.25) is 0 Å². The van der Waals surface area contributed by atoms with E-state index in [2.05, 4.69) is 15.5 Å². The van der Waals surface area contributed by atoms with Crippen molar-refractivity contribution in [2.45, 2.75) is 32.0 Å². The van der Waals surface area contributed by atoms with Crippen LogP contribution in [0.25, 0.3) is 21.5 Å². The number of anilines is 2. The number of likely N-dealkylation sites (tertiary alicyclic amines) is 1. The average Bonchev–Trinajstić information content (AvgIpc) is 3.95. The van der Waals surface area contributed by atoms with Crippen molar-refractivity contribution >= 4 is 84.7 Å². The van der Waals surface area contributed by atoms with Crippen molar-refractivity contribution in [3.8, 4) is 0 Å².